The molecule has 0 aliphatic rings. The van der Waals surface area contributed by atoms with Crippen molar-refractivity contribution in [3.05, 3.63) is 0 Å². The Morgan fingerprint density at radius 3 is 2.25 bits per heavy atom. The predicted octanol–water partition coefficient (Wildman–Crippen LogP) is -1.07. The lowest BCUT2D eigenvalue weighted by molar-refractivity contribution is 0.0771. The minimum absolute atomic E-state index is 0.139. The quantitative estimate of drug-likeness (QED) is 0.318. The van der Waals surface area contributed by atoms with E-state index in [1.165, 1.54) is 0 Å². The van der Waals surface area contributed by atoms with Gasteiger partial charge in [-0.15, -0.1) is 0 Å². The first-order chi connectivity index (χ1) is 7.20. The molecule has 0 aromatic rings. The Labute approximate surface area is 92.1 Å². The molecule has 0 saturated heterocycles. The minimum atomic E-state index is -4.15. The Hall–Kier alpha value is -0.660. The highest BCUT2D eigenvalue weighted by molar-refractivity contribution is 7.51. The van der Waals surface area contributed by atoms with Gasteiger partial charge in [0.05, 0.1) is 18.4 Å². The molecule has 6 N–H and O–H groups in total. The van der Waals surface area contributed by atoms with Gasteiger partial charge in [-0.3, -0.25) is 4.57 Å². The van der Waals surface area contributed by atoms with Crippen LogP contribution in [-0.2, 0) is 4.57 Å². The number of aliphatic hydroxyl groups excluding tert-OH is 2. The summed E-state index contributed by atoms with van der Waals surface area (Å²) in [6, 6.07) is 0. The largest absolute Gasteiger partial charge is 0.465 e. The zero-order valence-electron chi connectivity index (χ0n) is 8.48. The Morgan fingerprint density at radius 1 is 1.25 bits per heavy atom. The van der Waals surface area contributed by atoms with Crippen molar-refractivity contribution in [1.29, 1.82) is 0 Å². The van der Waals surface area contributed by atoms with Crippen molar-refractivity contribution in [2.75, 3.05) is 12.7 Å². The van der Waals surface area contributed by atoms with Crippen molar-refractivity contribution in [2.24, 2.45) is 0 Å². The molecule has 9 heteroatoms. The molecule has 0 unspecified atom stereocenters. The second-order valence-corrected chi connectivity index (χ2v) is 5.18. The van der Waals surface area contributed by atoms with E-state index >= 15 is 0 Å². The molecule has 0 rings (SSSR count). The van der Waals surface area contributed by atoms with Crippen molar-refractivity contribution in [3.63, 3.8) is 0 Å². The molecular formula is C7H16NO7P. The second kappa shape index (κ2) is 6.82. The zero-order chi connectivity index (χ0) is 12.8. The molecule has 0 saturated carbocycles. The maximum absolute atomic E-state index is 10.5. The van der Waals surface area contributed by atoms with E-state index in [0.717, 1.165) is 0 Å². The van der Waals surface area contributed by atoms with Crippen LogP contribution >= 0.6 is 7.60 Å². The molecule has 0 fully saturated rings. The van der Waals surface area contributed by atoms with Crippen LogP contribution in [0.5, 0.6) is 0 Å². The van der Waals surface area contributed by atoms with Crippen molar-refractivity contribution < 1.29 is 34.5 Å². The number of nitrogens with one attached hydrogen (secondary N) is 1. The predicted molar refractivity (Wildman–Crippen MR) is 54.2 cm³/mol. The fourth-order valence-corrected chi connectivity index (χ4v) is 1.67. The first-order valence-electron chi connectivity index (χ1n) is 4.58. The summed E-state index contributed by atoms with van der Waals surface area (Å²) in [7, 11) is -4.15. The molecule has 16 heavy (non-hydrogen) atoms. The molecule has 0 spiro atoms. The third-order valence-electron chi connectivity index (χ3n) is 1.79. The van der Waals surface area contributed by atoms with Crippen LogP contribution in [0, 0.1) is 0 Å². The van der Waals surface area contributed by atoms with Crippen LogP contribution in [0.25, 0.3) is 0 Å². The van der Waals surface area contributed by atoms with Crippen molar-refractivity contribution >= 4 is 13.7 Å². The maximum Gasteiger partial charge on any atom is 0.404 e. The summed E-state index contributed by atoms with van der Waals surface area (Å²) in [5.74, 6) is 0. The molecule has 0 heterocycles. The summed E-state index contributed by atoms with van der Waals surface area (Å²) in [6.07, 6.45) is -4.19. The van der Waals surface area contributed by atoms with Gasteiger partial charge in [-0.2, -0.15) is 0 Å². The number of hydrogen-bond donors (Lipinski definition) is 6. The number of carbonyl (C=O) groups is 1. The Balaban J connectivity index is 3.74. The van der Waals surface area contributed by atoms with Crippen molar-refractivity contribution in [3.8, 4) is 0 Å². The maximum atomic E-state index is 10.5. The molecule has 0 aromatic carbocycles. The van der Waals surface area contributed by atoms with E-state index in [4.69, 9.17) is 14.9 Å². The third-order valence-corrected chi connectivity index (χ3v) is 2.63. The second-order valence-electron chi connectivity index (χ2n) is 3.41. The van der Waals surface area contributed by atoms with Crippen LogP contribution in [0.15, 0.2) is 0 Å². The highest BCUT2D eigenvalue weighted by Crippen LogP contribution is 2.35. The van der Waals surface area contributed by atoms with Crippen LogP contribution < -0.4 is 5.32 Å². The highest BCUT2D eigenvalue weighted by Gasteiger charge is 2.18. The zero-order valence-corrected chi connectivity index (χ0v) is 9.38. The van der Waals surface area contributed by atoms with Crippen molar-refractivity contribution in [1.82, 2.24) is 5.32 Å². The van der Waals surface area contributed by atoms with Gasteiger partial charge in [0, 0.05) is 13.0 Å². The molecule has 0 radical (unpaired) electrons. The van der Waals surface area contributed by atoms with E-state index in [2.05, 4.69) is 0 Å². The summed E-state index contributed by atoms with van der Waals surface area (Å²) in [5, 5.41) is 28.6. The summed E-state index contributed by atoms with van der Waals surface area (Å²) in [6.45, 7) is -0.234. The third kappa shape index (κ3) is 9.88. The summed E-state index contributed by atoms with van der Waals surface area (Å²) < 4.78 is 10.5. The van der Waals surface area contributed by atoms with Crippen LogP contribution in [-0.4, -0.2) is 56.1 Å². The van der Waals surface area contributed by atoms with Crippen LogP contribution in [0.3, 0.4) is 0 Å². The van der Waals surface area contributed by atoms with Crippen LogP contribution in [0.1, 0.15) is 12.8 Å². The van der Waals surface area contributed by atoms with E-state index in [9.17, 15) is 19.6 Å². The molecule has 0 bridgehead atoms. The Kier molecular flexibility index (Phi) is 6.54. The average molecular weight is 257 g/mol. The molecule has 0 aliphatic carbocycles. The minimum Gasteiger partial charge on any atom is -0.465 e. The fraction of sp³-hybridized carbons (Fsp3) is 0.857. The van der Waals surface area contributed by atoms with Gasteiger partial charge in [0.25, 0.3) is 0 Å². The van der Waals surface area contributed by atoms with Gasteiger partial charge in [0.1, 0.15) is 0 Å². The van der Waals surface area contributed by atoms with Gasteiger partial charge in [0.15, 0.2) is 0 Å². The number of carboxylic acid groups (broad SMARTS) is 1. The summed E-state index contributed by atoms with van der Waals surface area (Å²) in [5.41, 5.74) is 0. The molecule has 0 aromatic heterocycles. The topological polar surface area (TPSA) is 147 Å². The van der Waals surface area contributed by atoms with Gasteiger partial charge < -0.3 is 30.4 Å². The first-order valence-corrected chi connectivity index (χ1v) is 6.38. The van der Waals surface area contributed by atoms with Gasteiger partial charge in [-0.25, -0.2) is 4.79 Å². The Bertz CT molecular complexity index is 265. The molecule has 8 nitrogen and oxygen atoms in total. The van der Waals surface area contributed by atoms with E-state index in [1.807, 2.05) is 5.32 Å². The van der Waals surface area contributed by atoms with Gasteiger partial charge in [-0.1, -0.05) is 0 Å². The normalized spacial score (nSPS) is 15.5. The fourth-order valence-electron chi connectivity index (χ4n) is 1.04. The van der Waals surface area contributed by atoms with E-state index in [0.29, 0.717) is 0 Å². The average Bonchev–Trinajstić information content (AvgIpc) is 2.10. The van der Waals surface area contributed by atoms with E-state index in [1.54, 1.807) is 0 Å². The number of rotatable bonds is 7. The first kappa shape index (κ1) is 15.3. The standard InChI is InChI=1S/C7H16NO7P/c9-5(1-2-16(13,14)15)3-6(10)4-8-7(11)12/h5-6,8-10H,1-4H2,(H,11,12)(H2,13,14,15)/t5-,6-/m1/s1. The summed E-state index contributed by atoms with van der Waals surface area (Å²) >= 11 is 0. The molecule has 2 atom stereocenters. The highest BCUT2D eigenvalue weighted by atomic mass is 31.2. The van der Waals surface area contributed by atoms with Crippen molar-refractivity contribution in [2.45, 2.75) is 25.0 Å². The van der Waals surface area contributed by atoms with Gasteiger partial charge in [-0.05, 0) is 6.42 Å². The lowest BCUT2D eigenvalue weighted by atomic mass is 10.1. The van der Waals surface area contributed by atoms with Crippen LogP contribution in [0.4, 0.5) is 4.79 Å². The van der Waals surface area contributed by atoms with Gasteiger partial charge >= 0.3 is 13.7 Å². The lowest BCUT2D eigenvalue weighted by Gasteiger charge is -2.15. The van der Waals surface area contributed by atoms with Crippen LogP contribution in [0.2, 0.25) is 0 Å². The SMILES string of the molecule is O=C(O)NC[C@H](O)C[C@H](O)CCP(=O)(O)O. The molecular weight excluding hydrogens is 241 g/mol. The van der Waals surface area contributed by atoms with E-state index in [-0.39, 0.29) is 19.4 Å². The number of hydrogen-bond acceptors (Lipinski definition) is 4. The smallest absolute Gasteiger partial charge is 0.404 e. The summed E-state index contributed by atoms with van der Waals surface area (Å²) in [4.78, 5) is 27.1. The monoisotopic (exact) mass is 257 g/mol. The molecule has 0 aliphatic heterocycles. The number of aliphatic hydroxyl groups is 2. The Morgan fingerprint density at radius 2 is 1.81 bits per heavy atom. The molecule has 96 valence electrons. The lowest BCUT2D eigenvalue weighted by Crippen LogP contribution is -2.33. The molecule has 1 amide bonds. The van der Waals surface area contributed by atoms with Gasteiger partial charge in [0.2, 0.25) is 0 Å². The van der Waals surface area contributed by atoms with E-state index < -0.39 is 32.1 Å². The number of amides is 1.